The maximum atomic E-state index is 4.49. The van der Waals surface area contributed by atoms with Crippen molar-refractivity contribution in [3.8, 4) is 33.4 Å². The lowest BCUT2D eigenvalue weighted by Crippen LogP contribution is -1.91. The Morgan fingerprint density at radius 2 is 1.11 bits per heavy atom. The lowest BCUT2D eigenvalue weighted by molar-refractivity contribution is 1.26. The molecule has 0 radical (unpaired) electrons. The van der Waals surface area contributed by atoms with Crippen LogP contribution in [0, 0.1) is 0 Å². The van der Waals surface area contributed by atoms with Gasteiger partial charge < -0.3 is 0 Å². The lowest BCUT2D eigenvalue weighted by atomic mass is 9.90. The zero-order valence-electron chi connectivity index (χ0n) is 15.5. The maximum absolute atomic E-state index is 4.49. The Hall–Kier alpha value is -3.38. The topological polar surface area (TPSA) is 0 Å². The van der Waals surface area contributed by atoms with E-state index >= 15 is 0 Å². The van der Waals surface area contributed by atoms with Gasteiger partial charge in [-0.15, -0.1) is 0 Å². The molecule has 4 aromatic carbocycles. The van der Waals surface area contributed by atoms with Gasteiger partial charge in [-0.1, -0.05) is 79.4 Å². The zero-order chi connectivity index (χ0) is 18.4. The maximum Gasteiger partial charge on any atom is -0.000705 e. The Kier molecular flexibility index (Phi) is 2.57. The second kappa shape index (κ2) is 4.91. The molecule has 3 aliphatic rings. The number of benzene rings is 4. The van der Waals surface area contributed by atoms with Crippen LogP contribution in [0.1, 0.15) is 33.4 Å². The largest absolute Gasteiger partial charge is 0.0905 e. The van der Waals surface area contributed by atoms with Gasteiger partial charge in [-0.2, -0.15) is 0 Å². The summed E-state index contributed by atoms with van der Waals surface area (Å²) >= 11 is 0. The summed E-state index contributed by atoms with van der Waals surface area (Å²) < 4.78 is 0. The highest BCUT2D eigenvalue weighted by Gasteiger charge is 2.34. The van der Waals surface area contributed by atoms with E-state index in [0.717, 1.165) is 12.8 Å². The van der Waals surface area contributed by atoms with E-state index in [1.165, 1.54) is 72.3 Å². The van der Waals surface area contributed by atoms with Crippen LogP contribution in [0.3, 0.4) is 0 Å². The van der Waals surface area contributed by atoms with E-state index in [1.807, 2.05) is 0 Å². The van der Waals surface area contributed by atoms with Crippen molar-refractivity contribution in [1.29, 1.82) is 0 Å². The zero-order valence-corrected chi connectivity index (χ0v) is 15.5. The number of fused-ring (bicyclic) bond motifs is 11. The summed E-state index contributed by atoms with van der Waals surface area (Å²) in [5.41, 5.74) is 18.1. The highest BCUT2D eigenvalue weighted by atomic mass is 14.4. The van der Waals surface area contributed by atoms with Crippen LogP contribution in [0.5, 0.6) is 0 Å². The first-order valence-electron chi connectivity index (χ1n) is 9.99. The van der Waals surface area contributed by atoms with Gasteiger partial charge in [0.15, 0.2) is 0 Å². The van der Waals surface area contributed by atoms with Crippen LogP contribution in [0.2, 0.25) is 0 Å². The van der Waals surface area contributed by atoms with Crippen molar-refractivity contribution in [2.24, 2.45) is 0 Å². The second-order valence-electron chi connectivity index (χ2n) is 8.18. The van der Waals surface area contributed by atoms with Crippen molar-refractivity contribution in [3.05, 3.63) is 113 Å². The van der Waals surface area contributed by atoms with Gasteiger partial charge in [-0.25, -0.2) is 0 Å². The van der Waals surface area contributed by atoms with Crippen LogP contribution in [-0.4, -0.2) is 0 Å². The summed E-state index contributed by atoms with van der Waals surface area (Å²) in [7, 11) is 0. The molecule has 130 valence electrons. The molecule has 7 rings (SSSR count). The van der Waals surface area contributed by atoms with E-state index < -0.39 is 0 Å². The molecule has 0 unspecified atom stereocenters. The van der Waals surface area contributed by atoms with E-state index in [9.17, 15) is 0 Å². The van der Waals surface area contributed by atoms with Crippen LogP contribution >= 0.6 is 0 Å². The molecule has 0 N–H and O–H groups in total. The fourth-order valence-electron chi connectivity index (χ4n) is 5.63. The number of hydrogen-bond acceptors (Lipinski definition) is 0. The first kappa shape index (κ1) is 14.6. The minimum Gasteiger partial charge on any atom is -0.0905 e. The Morgan fingerprint density at radius 1 is 0.464 bits per heavy atom. The third-order valence-electron chi connectivity index (χ3n) is 6.85. The molecule has 0 spiro atoms. The quantitative estimate of drug-likeness (QED) is 0.279. The van der Waals surface area contributed by atoms with Crippen LogP contribution < -0.4 is 0 Å². The molecule has 4 aromatic rings. The van der Waals surface area contributed by atoms with Crippen molar-refractivity contribution in [2.75, 3.05) is 0 Å². The molecule has 0 heterocycles. The minimum absolute atomic E-state index is 1.02. The molecule has 0 saturated carbocycles. The van der Waals surface area contributed by atoms with Gasteiger partial charge in [0.25, 0.3) is 0 Å². The van der Waals surface area contributed by atoms with E-state index in [0.29, 0.717) is 0 Å². The molecule has 0 aromatic heterocycles. The molecular formula is C28H18. The van der Waals surface area contributed by atoms with Gasteiger partial charge in [0.05, 0.1) is 0 Å². The van der Waals surface area contributed by atoms with Gasteiger partial charge in [0, 0.05) is 0 Å². The van der Waals surface area contributed by atoms with Crippen molar-refractivity contribution < 1.29 is 0 Å². The molecule has 28 heavy (non-hydrogen) atoms. The van der Waals surface area contributed by atoms with Gasteiger partial charge in [0.1, 0.15) is 0 Å². The first-order valence-corrected chi connectivity index (χ1v) is 9.99. The van der Waals surface area contributed by atoms with Crippen molar-refractivity contribution in [1.82, 2.24) is 0 Å². The summed E-state index contributed by atoms with van der Waals surface area (Å²) in [5.74, 6) is 0. The van der Waals surface area contributed by atoms with Crippen molar-refractivity contribution in [3.63, 3.8) is 0 Å². The van der Waals surface area contributed by atoms with Gasteiger partial charge in [0.2, 0.25) is 0 Å². The summed E-state index contributed by atoms with van der Waals surface area (Å²) in [6, 6.07) is 27.0. The predicted molar refractivity (Wildman–Crippen MR) is 116 cm³/mol. The van der Waals surface area contributed by atoms with Crippen molar-refractivity contribution in [2.45, 2.75) is 12.8 Å². The molecule has 0 amide bonds. The van der Waals surface area contributed by atoms with E-state index in [-0.39, 0.29) is 0 Å². The highest BCUT2D eigenvalue weighted by molar-refractivity contribution is 6.10. The molecule has 0 bridgehead atoms. The van der Waals surface area contributed by atoms with Crippen LogP contribution in [0.4, 0.5) is 0 Å². The Morgan fingerprint density at radius 3 is 1.96 bits per heavy atom. The van der Waals surface area contributed by atoms with Crippen molar-refractivity contribution >= 4 is 5.57 Å². The standard InChI is InChI=1S/C28H18/c1-16-20-12-13-24-22-8-4-2-7-18(22)15-25(24)27(20)28-21(16)11-10-19-14-17-6-3-5-9-23(17)26(19)28/h2-13H,1,14-15H2. The fraction of sp³-hybridized carbons (Fsp3) is 0.0714. The Bertz CT molecular complexity index is 1370. The van der Waals surface area contributed by atoms with E-state index in [4.69, 9.17) is 0 Å². The molecule has 3 aliphatic carbocycles. The third kappa shape index (κ3) is 1.63. The smallest absolute Gasteiger partial charge is 0.000705 e. The summed E-state index contributed by atoms with van der Waals surface area (Å²) in [6.45, 7) is 4.49. The van der Waals surface area contributed by atoms with E-state index in [1.54, 1.807) is 0 Å². The monoisotopic (exact) mass is 354 g/mol. The average Bonchev–Trinajstić information content (AvgIpc) is 3.37. The second-order valence-corrected chi connectivity index (χ2v) is 8.18. The molecular weight excluding hydrogens is 336 g/mol. The first-order chi connectivity index (χ1) is 13.8. The molecule has 0 aliphatic heterocycles. The van der Waals surface area contributed by atoms with Gasteiger partial charge in [-0.05, 0) is 85.2 Å². The fourth-order valence-corrected chi connectivity index (χ4v) is 5.63. The van der Waals surface area contributed by atoms with Crippen LogP contribution in [0.15, 0.2) is 79.4 Å². The number of rotatable bonds is 0. The molecule has 0 fully saturated rings. The normalized spacial score (nSPS) is 14.2. The van der Waals surface area contributed by atoms with E-state index in [2.05, 4.69) is 79.4 Å². The Labute approximate surface area is 164 Å². The molecule has 0 saturated heterocycles. The summed E-state index contributed by atoms with van der Waals surface area (Å²) in [4.78, 5) is 0. The highest BCUT2D eigenvalue weighted by Crippen LogP contribution is 2.56. The minimum atomic E-state index is 1.02. The van der Waals surface area contributed by atoms with Crippen LogP contribution in [0.25, 0.3) is 39.0 Å². The van der Waals surface area contributed by atoms with Crippen LogP contribution in [-0.2, 0) is 12.8 Å². The Balaban J connectivity index is 1.60. The van der Waals surface area contributed by atoms with Gasteiger partial charge in [-0.3, -0.25) is 0 Å². The summed E-state index contributed by atoms with van der Waals surface area (Å²) in [5, 5.41) is 0. The summed E-state index contributed by atoms with van der Waals surface area (Å²) in [6.07, 6.45) is 2.06. The number of hydrogen-bond donors (Lipinski definition) is 0. The predicted octanol–water partition coefficient (Wildman–Crippen LogP) is 6.87. The third-order valence-corrected chi connectivity index (χ3v) is 6.85. The van der Waals surface area contributed by atoms with Gasteiger partial charge >= 0.3 is 0 Å². The lowest BCUT2D eigenvalue weighted by Gasteiger charge is -2.13. The molecule has 0 heteroatoms. The molecule has 0 nitrogen and oxygen atoms in total. The average molecular weight is 354 g/mol. The molecule has 0 atom stereocenters. The SMILES string of the molecule is C=C1c2ccc3c(c2-c2c1ccc1c2-c2ccccc2C1)Cc1ccccc1-3.